The number of hydrogen-bond acceptors (Lipinski definition) is 3. The lowest BCUT2D eigenvalue weighted by Crippen LogP contribution is -2.20. The molecule has 2 rings (SSSR count). The van der Waals surface area contributed by atoms with Crippen LogP contribution in [0.25, 0.3) is 0 Å². The number of carbonyl (C=O) groups is 2. The second kappa shape index (κ2) is 6.02. The van der Waals surface area contributed by atoms with Crippen molar-refractivity contribution >= 4 is 11.8 Å². The second-order valence-corrected chi connectivity index (χ2v) is 7.74. The molecule has 3 nitrogen and oxygen atoms in total. The fourth-order valence-electron chi connectivity index (χ4n) is 3.78. The van der Waals surface area contributed by atoms with E-state index in [0.29, 0.717) is 24.7 Å². The highest BCUT2D eigenvalue weighted by Crippen LogP contribution is 2.61. The number of allylic oxidation sites excluding steroid dienone is 2. The lowest BCUT2D eigenvalue weighted by molar-refractivity contribution is -0.150. The molecule has 3 atom stereocenters. The molecule has 1 saturated carbocycles. The summed E-state index contributed by atoms with van der Waals surface area (Å²) in [5.41, 5.74) is 1.68. The van der Waals surface area contributed by atoms with Gasteiger partial charge >= 0.3 is 5.97 Å². The minimum atomic E-state index is -0.369. The van der Waals surface area contributed by atoms with Crippen molar-refractivity contribution in [2.24, 2.45) is 23.2 Å². The maximum Gasteiger partial charge on any atom is 0.310 e. The van der Waals surface area contributed by atoms with E-state index in [1.165, 1.54) is 0 Å². The van der Waals surface area contributed by atoms with Gasteiger partial charge in [0.15, 0.2) is 5.78 Å². The molecule has 2 aliphatic rings. The van der Waals surface area contributed by atoms with Crippen molar-refractivity contribution < 1.29 is 14.3 Å². The Hall–Kier alpha value is -1.38. The van der Waals surface area contributed by atoms with E-state index >= 15 is 0 Å². The third kappa shape index (κ3) is 3.04. The molecular weight excluding hydrogens is 276 g/mol. The normalized spacial score (nSPS) is 29.9. The van der Waals surface area contributed by atoms with Crippen LogP contribution in [0, 0.1) is 23.2 Å². The van der Waals surface area contributed by atoms with Gasteiger partial charge in [0.25, 0.3) is 0 Å². The number of rotatable bonds is 6. The van der Waals surface area contributed by atoms with Gasteiger partial charge in [-0.25, -0.2) is 0 Å². The largest absolute Gasteiger partial charge is 0.457 e. The third-order valence-electron chi connectivity index (χ3n) is 5.30. The molecule has 3 heteroatoms. The van der Waals surface area contributed by atoms with Crippen molar-refractivity contribution in [2.45, 2.75) is 60.0 Å². The van der Waals surface area contributed by atoms with E-state index in [-0.39, 0.29) is 29.2 Å². The highest BCUT2D eigenvalue weighted by Gasteiger charge is 2.62. The second-order valence-electron chi connectivity index (χ2n) is 7.74. The van der Waals surface area contributed by atoms with E-state index in [9.17, 15) is 9.59 Å². The fourth-order valence-corrected chi connectivity index (χ4v) is 3.78. The summed E-state index contributed by atoms with van der Waals surface area (Å²) in [6, 6.07) is 0. The lowest BCUT2D eigenvalue weighted by Gasteiger charge is -2.14. The molecule has 0 aromatic carbocycles. The molecule has 2 aliphatic carbocycles. The molecule has 0 aliphatic heterocycles. The van der Waals surface area contributed by atoms with Crippen molar-refractivity contribution in [3.8, 4) is 0 Å². The summed E-state index contributed by atoms with van der Waals surface area (Å²) in [4.78, 5) is 24.5. The van der Waals surface area contributed by atoms with Gasteiger partial charge in [-0.05, 0) is 42.6 Å². The Labute approximate surface area is 133 Å². The van der Waals surface area contributed by atoms with Gasteiger partial charge < -0.3 is 4.74 Å². The predicted octanol–water partition coefficient (Wildman–Crippen LogP) is 4.08. The van der Waals surface area contributed by atoms with Gasteiger partial charge in [0, 0.05) is 5.57 Å². The molecule has 0 radical (unpaired) electrons. The number of esters is 1. The van der Waals surface area contributed by atoms with Crippen molar-refractivity contribution in [2.75, 3.05) is 0 Å². The highest BCUT2D eigenvalue weighted by molar-refractivity contribution is 6.00. The van der Waals surface area contributed by atoms with E-state index in [1.807, 2.05) is 6.92 Å². The Morgan fingerprint density at radius 2 is 2.09 bits per heavy atom. The number of ketones is 1. The molecule has 0 aromatic rings. The van der Waals surface area contributed by atoms with Crippen molar-refractivity contribution in [3.05, 3.63) is 23.8 Å². The molecule has 1 fully saturated rings. The molecule has 0 spiro atoms. The first kappa shape index (κ1) is 17.0. The molecule has 22 heavy (non-hydrogen) atoms. The molecule has 0 N–H and O–H groups in total. The van der Waals surface area contributed by atoms with Crippen LogP contribution in [0.2, 0.25) is 0 Å². The van der Waals surface area contributed by atoms with Gasteiger partial charge in [0.05, 0.1) is 12.3 Å². The maximum atomic E-state index is 12.5. The third-order valence-corrected chi connectivity index (χ3v) is 5.30. The van der Waals surface area contributed by atoms with E-state index in [1.54, 1.807) is 6.08 Å². The minimum Gasteiger partial charge on any atom is -0.457 e. The number of Topliss-reactive ketones (excluding diaryl/α,β-unsaturated/α-hetero) is 1. The van der Waals surface area contributed by atoms with Gasteiger partial charge in [-0.15, -0.1) is 6.58 Å². The van der Waals surface area contributed by atoms with E-state index in [4.69, 9.17) is 4.74 Å². The Morgan fingerprint density at radius 3 is 2.64 bits per heavy atom. The topological polar surface area (TPSA) is 43.4 Å². The molecule has 0 aromatic heterocycles. The van der Waals surface area contributed by atoms with E-state index < -0.39 is 0 Å². The van der Waals surface area contributed by atoms with Crippen LogP contribution in [0.4, 0.5) is 0 Å². The number of ether oxygens (including phenoxy) is 1. The summed E-state index contributed by atoms with van der Waals surface area (Å²) in [7, 11) is 0. The zero-order valence-corrected chi connectivity index (χ0v) is 14.4. The van der Waals surface area contributed by atoms with Crippen LogP contribution in [-0.2, 0) is 14.3 Å². The molecule has 122 valence electrons. The average molecular weight is 304 g/mol. The highest BCUT2D eigenvalue weighted by atomic mass is 16.5. The monoisotopic (exact) mass is 304 g/mol. The molecule has 0 amide bonds. The van der Waals surface area contributed by atoms with Crippen LogP contribution < -0.4 is 0 Å². The van der Waals surface area contributed by atoms with Crippen LogP contribution in [0.5, 0.6) is 0 Å². The lowest BCUT2D eigenvalue weighted by atomic mass is 10.0. The average Bonchev–Trinajstić information content (AvgIpc) is 2.83. The first-order valence-corrected chi connectivity index (χ1v) is 8.24. The van der Waals surface area contributed by atoms with Gasteiger partial charge in [0.2, 0.25) is 0 Å². The zero-order valence-electron chi connectivity index (χ0n) is 14.4. The quantitative estimate of drug-likeness (QED) is 0.548. The van der Waals surface area contributed by atoms with Crippen LogP contribution >= 0.6 is 0 Å². The van der Waals surface area contributed by atoms with Crippen LogP contribution in [0.1, 0.15) is 53.9 Å². The summed E-state index contributed by atoms with van der Waals surface area (Å²) in [5, 5.41) is 0. The first-order valence-electron chi connectivity index (χ1n) is 8.24. The van der Waals surface area contributed by atoms with Crippen LogP contribution in [0.3, 0.4) is 0 Å². The number of carbonyl (C=O) groups excluding carboxylic acids is 2. The summed E-state index contributed by atoms with van der Waals surface area (Å²) in [5.74, 6) is 0.905. The van der Waals surface area contributed by atoms with Crippen molar-refractivity contribution in [3.63, 3.8) is 0 Å². The van der Waals surface area contributed by atoms with Gasteiger partial charge in [-0.3, -0.25) is 9.59 Å². The summed E-state index contributed by atoms with van der Waals surface area (Å²) < 4.78 is 5.69. The molecule has 0 heterocycles. The Balaban J connectivity index is 2.02. The van der Waals surface area contributed by atoms with Gasteiger partial charge in [0.1, 0.15) is 6.10 Å². The van der Waals surface area contributed by atoms with E-state index in [2.05, 4.69) is 34.3 Å². The molecule has 0 bridgehead atoms. The summed E-state index contributed by atoms with van der Waals surface area (Å²) in [6.45, 7) is 14.2. The van der Waals surface area contributed by atoms with Crippen LogP contribution in [-0.4, -0.2) is 17.9 Å². The Kier molecular flexibility index (Phi) is 4.65. The Bertz CT molecular complexity index is 525. The summed E-state index contributed by atoms with van der Waals surface area (Å²) in [6.07, 6.45) is 3.26. The van der Waals surface area contributed by atoms with Crippen molar-refractivity contribution in [1.82, 2.24) is 0 Å². The molecule has 1 unspecified atom stereocenters. The number of hydrogen-bond donors (Lipinski definition) is 0. The molecular formula is C19H28O3. The fraction of sp³-hybridized carbons (Fsp3) is 0.684. The van der Waals surface area contributed by atoms with Gasteiger partial charge in [-0.2, -0.15) is 0 Å². The van der Waals surface area contributed by atoms with Gasteiger partial charge in [-0.1, -0.05) is 33.8 Å². The predicted molar refractivity (Wildman–Crippen MR) is 87.2 cm³/mol. The van der Waals surface area contributed by atoms with Crippen LogP contribution in [0.15, 0.2) is 23.8 Å². The first-order chi connectivity index (χ1) is 10.2. The zero-order chi connectivity index (χ0) is 16.7. The smallest absolute Gasteiger partial charge is 0.310 e. The minimum absolute atomic E-state index is 0.0194. The molecule has 0 saturated heterocycles. The Morgan fingerprint density at radius 1 is 1.45 bits per heavy atom. The summed E-state index contributed by atoms with van der Waals surface area (Å²) >= 11 is 0. The van der Waals surface area contributed by atoms with E-state index in [0.717, 1.165) is 17.6 Å². The maximum absolute atomic E-state index is 12.5. The van der Waals surface area contributed by atoms with Crippen molar-refractivity contribution in [1.29, 1.82) is 0 Å². The standard InChI is InChI=1S/C19H28O3/c1-7-8-13-12(4)16(10-15(13)20)22-18(21)17-14(9-11(2)3)19(17,5)6/h7,11,14,16-17H,1,8-10H2,2-6H3/t14-,16?,17+/m0/s1. The SMILES string of the molecule is C=CCC1=C(C)C(OC(=O)[C@H]2[C@H](CC(C)C)C2(C)C)CC1=O.